The third kappa shape index (κ3) is 4.42. The van der Waals surface area contributed by atoms with Gasteiger partial charge in [0.25, 0.3) is 0 Å². The van der Waals surface area contributed by atoms with Gasteiger partial charge in [0.15, 0.2) is 0 Å². The zero-order chi connectivity index (χ0) is 17.0. The predicted octanol–water partition coefficient (Wildman–Crippen LogP) is -0.338. The number of anilines is 2. The van der Waals surface area contributed by atoms with Crippen molar-refractivity contribution in [2.45, 2.75) is 19.4 Å². The van der Waals surface area contributed by atoms with Crippen molar-refractivity contribution in [3.63, 3.8) is 0 Å². The maximum absolute atomic E-state index is 11.9. The van der Waals surface area contributed by atoms with Gasteiger partial charge >= 0.3 is 11.8 Å². The Morgan fingerprint density at radius 3 is 2.70 bits per heavy atom. The first-order chi connectivity index (χ1) is 10.8. The van der Waals surface area contributed by atoms with E-state index in [0.29, 0.717) is 24.3 Å². The molecule has 0 radical (unpaired) electrons. The summed E-state index contributed by atoms with van der Waals surface area (Å²) in [4.78, 5) is 23.3. The van der Waals surface area contributed by atoms with Crippen LogP contribution in [0.3, 0.4) is 0 Å². The van der Waals surface area contributed by atoms with E-state index in [1.165, 1.54) is 17.3 Å². The van der Waals surface area contributed by atoms with Crippen LogP contribution in [0.25, 0.3) is 0 Å². The lowest BCUT2D eigenvalue weighted by molar-refractivity contribution is -0.136. The van der Waals surface area contributed by atoms with E-state index in [9.17, 15) is 18.0 Å². The number of aliphatic hydroxyl groups excluding tert-OH is 1. The zero-order valence-electron chi connectivity index (χ0n) is 12.7. The lowest BCUT2D eigenvalue weighted by Gasteiger charge is -2.17. The Balaban J connectivity index is 2.06. The number of sulfonamides is 1. The van der Waals surface area contributed by atoms with Gasteiger partial charge in [0.2, 0.25) is 10.0 Å². The second-order valence-corrected chi connectivity index (χ2v) is 7.32. The van der Waals surface area contributed by atoms with Crippen LogP contribution in [0.2, 0.25) is 0 Å². The molecule has 0 bridgehead atoms. The number of benzene rings is 1. The first-order valence-corrected chi connectivity index (χ1v) is 8.78. The van der Waals surface area contributed by atoms with Gasteiger partial charge in [0.1, 0.15) is 0 Å². The van der Waals surface area contributed by atoms with Gasteiger partial charge < -0.3 is 15.7 Å². The smallest absolute Gasteiger partial charge is 0.313 e. The molecule has 1 saturated heterocycles. The molecule has 0 spiro atoms. The van der Waals surface area contributed by atoms with Crippen LogP contribution in [-0.4, -0.2) is 50.3 Å². The topological polar surface area (TPSA) is 116 Å². The molecule has 0 unspecified atom stereocenters. The lowest BCUT2D eigenvalue weighted by atomic mass is 10.2. The summed E-state index contributed by atoms with van der Waals surface area (Å²) in [5.41, 5.74) is 0.770. The molecule has 0 saturated carbocycles. The fourth-order valence-corrected chi connectivity index (χ4v) is 3.73. The van der Waals surface area contributed by atoms with Crippen LogP contribution >= 0.6 is 0 Å². The fourth-order valence-electron chi connectivity index (χ4n) is 2.18. The number of hydrogen-bond donors (Lipinski definition) is 3. The average Bonchev–Trinajstić information content (AvgIpc) is 2.84. The number of rotatable bonds is 4. The van der Waals surface area contributed by atoms with Crippen molar-refractivity contribution in [3.05, 3.63) is 24.3 Å². The molecule has 9 heteroatoms. The first kappa shape index (κ1) is 17.2. The third-order valence-corrected chi connectivity index (χ3v) is 5.13. The van der Waals surface area contributed by atoms with Gasteiger partial charge in [-0.2, -0.15) is 0 Å². The summed E-state index contributed by atoms with van der Waals surface area (Å²) in [6, 6.07) is 6.30. The van der Waals surface area contributed by atoms with Gasteiger partial charge in [-0.05, 0) is 31.5 Å². The molecule has 8 nitrogen and oxygen atoms in total. The molecule has 1 aliphatic heterocycles. The number of carbonyl (C=O) groups excluding carboxylic acids is 2. The monoisotopic (exact) mass is 341 g/mol. The Morgan fingerprint density at radius 2 is 2.09 bits per heavy atom. The van der Waals surface area contributed by atoms with Crippen molar-refractivity contribution in [1.82, 2.24) is 5.32 Å². The second-order valence-electron chi connectivity index (χ2n) is 5.31. The summed E-state index contributed by atoms with van der Waals surface area (Å²) < 4.78 is 25.1. The minimum Gasteiger partial charge on any atom is -0.392 e. The second kappa shape index (κ2) is 6.97. The quantitative estimate of drug-likeness (QED) is 0.648. The molecular weight excluding hydrogens is 322 g/mol. The number of amides is 2. The molecule has 0 aromatic heterocycles. The summed E-state index contributed by atoms with van der Waals surface area (Å²) in [6.45, 7) is 1.85. The van der Waals surface area contributed by atoms with Crippen molar-refractivity contribution in [3.8, 4) is 0 Å². The number of aliphatic hydroxyl groups is 1. The van der Waals surface area contributed by atoms with E-state index in [0.717, 1.165) is 0 Å². The summed E-state index contributed by atoms with van der Waals surface area (Å²) in [5.74, 6) is -1.65. The van der Waals surface area contributed by atoms with Gasteiger partial charge in [-0.15, -0.1) is 0 Å². The van der Waals surface area contributed by atoms with Gasteiger partial charge in [-0.25, -0.2) is 8.42 Å². The molecule has 1 aromatic rings. The van der Waals surface area contributed by atoms with E-state index in [-0.39, 0.29) is 12.3 Å². The normalized spacial score (nSPS) is 17.6. The van der Waals surface area contributed by atoms with Crippen molar-refractivity contribution >= 4 is 33.2 Å². The first-order valence-electron chi connectivity index (χ1n) is 7.17. The number of nitrogens with zero attached hydrogens (tertiary/aromatic N) is 1. The molecule has 1 heterocycles. The highest BCUT2D eigenvalue weighted by molar-refractivity contribution is 7.93. The van der Waals surface area contributed by atoms with E-state index < -0.39 is 27.9 Å². The lowest BCUT2D eigenvalue weighted by Crippen LogP contribution is -2.38. The van der Waals surface area contributed by atoms with E-state index in [2.05, 4.69) is 10.6 Å². The Bertz CT molecular complexity index is 702. The summed E-state index contributed by atoms with van der Waals surface area (Å²) in [5, 5.41) is 13.8. The molecule has 0 aliphatic carbocycles. The van der Waals surface area contributed by atoms with Crippen molar-refractivity contribution in [2.75, 3.05) is 28.5 Å². The van der Waals surface area contributed by atoms with E-state index in [1.54, 1.807) is 18.2 Å². The molecule has 1 atom stereocenters. The molecule has 3 N–H and O–H groups in total. The standard InChI is InChI=1S/C14H19N3O5S/c1-10(18)9-15-13(19)14(20)16-11-4-2-5-12(8-11)17-6-3-7-23(17,21)22/h2,4-5,8,10,18H,3,6-7,9H2,1H3,(H,15,19)(H,16,20)/t10-/m1/s1. The van der Waals surface area contributed by atoms with Crippen LogP contribution < -0.4 is 14.9 Å². The van der Waals surface area contributed by atoms with Crippen molar-refractivity contribution < 1.29 is 23.1 Å². The predicted molar refractivity (Wildman–Crippen MR) is 85.5 cm³/mol. The Morgan fingerprint density at radius 1 is 1.35 bits per heavy atom. The molecule has 1 aliphatic rings. The number of carbonyl (C=O) groups is 2. The molecule has 2 rings (SSSR count). The van der Waals surface area contributed by atoms with Gasteiger partial charge in [0.05, 0.1) is 17.5 Å². The minimum absolute atomic E-state index is 0.0294. The van der Waals surface area contributed by atoms with Gasteiger partial charge in [0, 0.05) is 18.8 Å². The highest BCUT2D eigenvalue weighted by atomic mass is 32.2. The van der Waals surface area contributed by atoms with Crippen LogP contribution in [0.1, 0.15) is 13.3 Å². The van der Waals surface area contributed by atoms with Gasteiger partial charge in [-0.3, -0.25) is 13.9 Å². The van der Waals surface area contributed by atoms with E-state index in [1.807, 2.05) is 0 Å². The average molecular weight is 341 g/mol. The summed E-state index contributed by atoms with van der Waals surface area (Å²) >= 11 is 0. The Labute approximate surface area is 134 Å². The van der Waals surface area contributed by atoms with Crippen LogP contribution in [0.15, 0.2) is 24.3 Å². The van der Waals surface area contributed by atoms with Crippen LogP contribution in [0.4, 0.5) is 11.4 Å². The number of nitrogens with one attached hydrogen (secondary N) is 2. The highest BCUT2D eigenvalue weighted by Crippen LogP contribution is 2.26. The molecule has 1 fully saturated rings. The van der Waals surface area contributed by atoms with Crippen LogP contribution in [-0.2, 0) is 19.6 Å². The molecule has 23 heavy (non-hydrogen) atoms. The van der Waals surface area contributed by atoms with Crippen molar-refractivity contribution in [1.29, 1.82) is 0 Å². The Hall–Kier alpha value is -2.13. The summed E-state index contributed by atoms with van der Waals surface area (Å²) in [6.07, 6.45) is -0.198. The molecule has 2 amide bonds. The molecule has 126 valence electrons. The third-order valence-electron chi connectivity index (χ3n) is 3.26. The number of hydrogen-bond acceptors (Lipinski definition) is 5. The maximum Gasteiger partial charge on any atom is 0.313 e. The van der Waals surface area contributed by atoms with Crippen LogP contribution in [0, 0.1) is 0 Å². The maximum atomic E-state index is 11.9. The van der Waals surface area contributed by atoms with Gasteiger partial charge in [-0.1, -0.05) is 6.07 Å². The Kier molecular flexibility index (Phi) is 5.22. The SMILES string of the molecule is C[C@@H](O)CNC(=O)C(=O)Nc1cccc(N2CCCS2(=O)=O)c1. The van der Waals surface area contributed by atoms with E-state index in [4.69, 9.17) is 5.11 Å². The van der Waals surface area contributed by atoms with Crippen molar-refractivity contribution in [2.24, 2.45) is 0 Å². The largest absolute Gasteiger partial charge is 0.392 e. The fraction of sp³-hybridized carbons (Fsp3) is 0.429. The minimum atomic E-state index is -3.31. The highest BCUT2D eigenvalue weighted by Gasteiger charge is 2.28. The van der Waals surface area contributed by atoms with E-state index >= 15 is 0 Å². The van der Waals surface area contributed by atoms with Crippen LogP contribution in [0.5, 0.6) is 0 Å². The summed E-state index contributed by atoms with van der Waals surface area (Å²) in [7, 11) is -3.31. The zero-order valence-corrected chi connectivity index (χ0v) is 13.5. The molecular formula is C14H19N3O5S. The molecule has 1 aromatic carbocycles.